The van der Waals surface area contributed by atoms with Crippen molar-refractivity contribution in [3.05, 3.63) is 72.7 Å². The molecule has 0 unspecified atom stereocenters. The summed E-state index contributed by atoms with van der Waals surface area (Å²) in [7, 11) is 0. The minimum atomic E-state index is -0.556. The zero-order chi connectivity index (χ0) is 19.8. The first kappa shape index (κ1) is 18.0. The maximum Gasteiger partial charge on any atom is 0.270 e. The first-order valence-electron chi connectivity index (χ1n) is 8.06. The Hall–Kier alpha value is -3.37. The molecule has 2 N–H and O–H groups in total. The number of fused-ring (bicyclic) bond motifs is 1. The van der Waals surface area contributed by atoms with E-state index in [1.807, 2.05) is 24.4 Å². The molecule has 0 saturated heterocycles. The van der Waals surface area contributed by atoms with Crippen molar-refractivity contribution in [3.8, 4) is 10.6 Å². The number of non-ortho nitro benzene ring substituents is 1. The van der Waals surface area contributed by atoms with Gasteiger partial charge in [0.05, 0.1) is 21.1 Å². The Morgan fingerprint density at radius 3 is 2.79 bits per heavy atom. The summed E-state index contributed by atoms with van der Waals surface area (Å²) in [5.41, 5.74) is 0.506. The Morgan fingerprint density at radius 2 is 2.07 bits per heavy atom. The molecule has 0 radical (unpaired) electrons. The van der Waals surface area contributed by atoms with E-state index < -0.39 is 16.4 Å². The number of aromatic amines is 1. The van der Waals surface area contributed by atoms with Crippen LogP contribution in [0.25, 0.3) is 21.5 Å². The lowest BCUT2D eigenvalue weighted by Crippen LogP contribution is -2.16. The quantitative estimate of drug-likeness (QED) is 0.385. The zero-order valence-corrected chi connectivity index (χ0v) is 16.0. The molecule has 10 heteroatoms. The topological polar surface area (TPSA) is 118 Å². The Bertz CT molecular complexity index is 1290. The van der Waals surface area contributed by atoms with Gasteiger partial charge in [0.15, 0.2) is 5.13 Å². The zero-order valence-electron chi connectivity index (χ0n) is 14.4. The fourth-order valence-corrected chi connectivity index (χ4v) is 4.33. The molecule has 1 aromatic carbocycles. The van der Waals surface area contributed by atoms with E-state index in [0.717, 1.165) is 21.5 Å². The van der Waals surface area contributed by atoms with Crippen LogP contribution in [0, 0.1) is 17.0 Å². The number of pyridine rings is 1. The molecule has 140 valence electrons. The van der Waals surface area contributed by atoms with Gasteiger partial charge in [-0.15, -0.1) is 22.7 Å². The third kappa shape index (κ3) is 3.42. The summed E-state index contributed by atoms with van der Waals surface area (Å²) in [6, 6.07) is 9.03. The summed E-state index contributed by atoms with van der Waals surface area (Å²) >= 11 is 2.86. The van der Waals surface area contributed by atoms with Gasteiger partial charge < -0.3 is 4.98 Å². The van der Waals surface area contributed by atoms with E-state index >= 15 is 0 Å². The van der Waals surface area contributed by atoms with E-state index in [2.05, 4.69) is 15.3 Å². The maximum atomic E-state index is 12.7. The van der Waals surface area contributed by atoms with Crippen molar-refractivity contribution in [2.45, 2.75) is 6.92 Å². The van der Waals surface area contributed by atoms with Gasteiger partial charge in [-0.05, 0) is 25.1 Å². The number of hydrogen-bond donors (Lipinski definition) is 2. The molecule has 28 heavy (non-hydrogen) atoms. The predicted molar refractivity (Wildman–Crippen MR) is 109 cm³/mol. The first-order valence-corrected chi connectivity index (χ1v) is 9.75. The van der Waals surface area contributed by atoms with Gasteiger partial charge in [-0.3, -0.25) is 25.0 Å². The summed E-state index contributed by atoms with van der Waals surface area (Å²) in [5, 5.41) is 16.2. The number of thiazole rings is 1. The number of H-pyrrole nitrogens is 1. The highest BCUT2D eigenvalue weighted by atomic mass is 32.1. The van der Waals surface area contributed by atoms with Crippen LogP contribution < -0.4 is 10.9 Å². The molecule has 0 fully saturated rings. The number of nitrogens with zero attached hydrogens (tertiary/aromatic N) is 2. The third-order valence-corrected chi connectivity index (χ3v) is 5.78. The van der Waals surface area contributed by atoms with Crippen LogP contribution in [0.5, 0.6) is 0 Å². The van der Waals surface area contributed by atoms with Gasteiger partial charge in [-0.1, -0.05) is 0 Å². The Morgan fingerprint density at radius 1 is 1.25 bits per heavy atom. The number of carbonyl (C=O) groups is 1. The molecule has 1 amide bonds. The number of aryl methyl sites for hydroxylation is 1. The highest BCUT2D eigenvalue weighted by Gasteiger charge is 2.17. The van der Waals surface area contributed by atoms with Crippen LogP contribution in [-0.4, -0.2) is 20.8 Å². The Labute approximate surface area is 165 Å². The predicted octanol–water partition coefficient (Wildman–Crippen LogP) is 4.18. The summed E-state index contributed by atoms with van der Waals surface area (Å²) in [6.45, 7) is 2.00. The number of nitro benzene ring substituents is 1. The highest BCUT2D eigenvalue weighted by molar-refractivity contribution is 7.17. The molecular weight excluding hydrogens is 400 g/mol. The molecule has 0 spiro atoms. The standard InChI is InChI=1S/C18H12N4O4S2/c1-9-2-5-15(28-9)14-8-27-18(20-14)21-17(24)12-7-16(23)19-13-4-3-10(22(25)26)6-11(12)13/h2-8H,1H3,(H,19,23)(H,20,21,24). The average molecular weight is 412 g/mol. The van der Waals surface area contributed by atoms with Gasteiger partial charge in [-0.2, -0.15) is 0 Å². The van der Waals surface area contributed by atoms with E-state index in [1.165, 1.54) is 29.5 Å². The number of anilines is 1. The Kier molecular flexibility index (Phi) is 4.49. The number of rotatable bonds is 4. The van der Waals surface area contributed by atoms with E-state index in [1.54, 1.807) is 11.3 Å². The second-order valence-electron chi connectivity index (χ2n) is 5.94. The SMILES string of the molecule is Cc1ccc(-c2csc(NC(=O)c3cc(=O)[nH]c4ccc([N+](=O)[O-])cc34)n2)s1. The molecule has 0 aliphatic carbocycles. The fraction of sp³-hybridized carbons (Fsp3) is 0.0556. The Balaban J connectivity index is 1.69. The van der Waals surface area contributed by atoms with Gasteiger partial charge in [0.1, 0.15) is 0 Å². The van der Waals surface area contributed by atoms with Crippen molar-refractivity contribution in [2.75, 3.05) is 5.32 Å². The number of thiophene rings is 1. The maximum absolute atomic E-state index is 12.7. The molecule has 4 aromatic rings. The van der Waals surface area contributed by atoms with Crippen LogP contribution in [0.4, 0.5) is 10.8 Å². The number of carbonyl (C=O) groups excluding carboxylic acids is 1. The smallest absolute Gasteiger partial charge is 0.270 e. The van der Waals surface area contributed by atoms with Crippen LogP contribution in [0.2, 0.25) is 0 Å². The number of hydrogen-bond acceptors (Lipinski definition) is 7. The normalized spacial score (nSPS) is 10.9. The van der Waals surface area contributed by atoms with Crippen LogP contribution in [0.1, 0.15) is 15.2 Å². The molecule has 0 saturated carbocycles. The minimum Gasteiger partial charge on any atom is -0.322 e. The van der Waals surface area contributed by atoms with Crippen molar-refractivity contribution < 1.29 is 9.72 Å². The number of amides is 1. The van der Waals surface area contributed by atoms with E-state index in [-0.39, 0.29) is 16.6 Å². The van der Waals surface area contributed by atoms with Crippen LogP contribution >= 0.6 is 22.7 Å². The number of nitrogens with one attached hydrogen (secondary N) is 2. The van der Waals surface area contributed by atoms with E-state index in [0.29, 0.717) is 10.6 Å². The lowest BCUT2D eigenvalue weighted by atomic mass is 10.1. The number of aromatic nitrogens is 2. The molecule has 3 heterocycles. The van der Waals surface area contributed by atoms with Crippen molar-refractivity contribution in [1.82, 2.24) is 9.97 Å². The molecule has 4 rings (SSSR count). The van der Waals surface area contributed by atoms with Gasteiger partial charge in [0.2, 0.25) is 5.56 Å². The summed E-state index contributed by atoms with van der Waals surface area (Å²) in [4.78, 5) is 44.3. The fourth-order valence-electron chi connectivity index (χ4n) is 2.72. The molecule has 0 bridgehead atoms. The first-order chi connectivity index (χ1) is 13.4. The molecule has 8 nitrogen and oxygen atoms in total. The lowest BCUT2D eigenvalue weighted by Gasteiger charge is -2.06. The van der Waals surface area contributed by atoms with Crippen LogP contribution in [0.15, 0.2) is 46.6 Å². The van der Waals surface area contributed by atoms with Gasteiger partial charge >= 0.3 is 0 Å². The highest BCUT2D eigenvalue weighted by Crippen LogP contribution is 2.31. The van der Waals surface area contributed by atoms with Gasteiger partial charge in [0.25, 0.3) is 11.6 Å². The van der Waals surface area contributed by atoms with Crippen LogP contribution in [0.3, 0.4) is 0 Å². The lowest BCUT2D eigenvalue weighted by molar-refractivity contribution is -0.384. The van der Waals surface area contributed by atoms with Crippen molar-refractivity contribution in [3.63, 3.8) is 0 Å². The largest absolute Gasteiger partial charge is 0.322 e. The van der Waals surface area contributed by atoms with Crippen molar-refractivity contribution >= 4 is 50.3 Å². The monoisotopic (exact) mass is 412 g/mol. The number of nitro groups is 1. The van der Waals surface area contributed by atoms with Crippen LogP contribution in [-0.2, 0) is 0 Å². The molecule has 3 aromatic heterocycles. The third-order valence-electron chi connectivity index (χ3n) is 4.00. The molecular formula is C18H12N4O4S2. The van der Waals surface area contributed by atoms with Crippen molar-refractivity contribution in [1.29, 1.82) is 0 Å². The van der Waals surface area contributed by atoms with Gasteiger partial charge in [0, 0.05) is 39.4 Å². The summed E-state index contributed by atoms with van der Waals surface area (Å²) < 4.78 is 0. The summed E-state index contributed by atoms with van der Waals surface area (Å²) in [6.07, 6.45) is 0. The molecule has 0 aliphatic rings. The number of benzene rings is 1. The average Bonchev–Trinajstić information content (AvgIpc) is 3.29. The molecule has 0 aliphatic heterocycles. The van der Waals surface area contributed by atoms with Crippen molar-refractivity contribution in [2.24, 2.45) is 0 Å². The summed E-state index contributed by atoms with van der Waals surface area (Å²) in [5.74, 6) is -0.556. The minimum absolute atomic E-state index is 0.0474. The van der Waals surface area contributed by atoms with E-state index in [9.17, 15) is 19.7 Å². The van der Waals surface area contributed by atoms with E-state index in [4.69, 9.17) is 0 Å². The second kappa shape index (κ2) is 6.98. The molecule has 0 atom stereocenters. The van der Waals surface area contributed by atoms with Gasteiger partial charge in [-0.25, -0.2) is 4.98 Å². The second-order valence-corrected chi connectivity index (χ2v) is 8.08.